The Morgan fingerprint density at radius 2 is 1.96 bits per heavy atom. The molecule has 0 saturated carbocycles. The lowest BCUT2D eigenvalue weighted by Crippen LogP contribution is -2.40. The van der Waals surface area contributed by atoms with Crippen molar-refractivity contribution in [3.05, 3.63) is 29.8 Å². The zero-order chi connectivity index (χ0) is 17.5. The Morgan fingerprint density at radius 3 is 2.57 bits per heavy atom. The molecule has 1 aromatic carbocycles. The number of halogens is 3. The van der Waals surface area contributed by atoms with E-state index in [2.05, 4.69) is 10.6 Å². The Labute approximate surface area is 137 Å². The number of benzene rings is 1. The first kappa shape index (κ1) is 19.3. The quantitative estimate of drug-likeness (QED) is 0.771. The molecule has 1 rings (SSSR count). The van der Waals surface area contributed by atoms with Gasteiger partial charge in [0.05, 0.1) is 11.3 Å². The van der Waals surface area contributed by atoms with Crippen LogP contribution in [0.4, 0.5) is 18.0 Å². The maximum absolute atomic E-state index is 12.6. The van der Waals surface area contributed by atoms with Gasteiger partial charge in [-0.1, -0.05) is 19.9 Å². The fourth-order valence-electron chi connectivity index (χ4n) is 1.59. The van der Waals surface area contributed by atoms with E-state index >= 15 is 0 Å². The van der Waals surface area contributed by atoms with Crippen molar-refractivity contribution in [2.45, 2.75) is 31.3 Å². The molecule has 0 saturated heterocycles. The number of alkyl halides is 3. The number of carbonyl (C=O) groups excluding carboxylic acids is 2. The van der Waals surface area contributed by atoms with Gasteiger partial charge in [0.2, 0.25) is 5.91 Å². The molecule has 0 spiro atoms. The molecule has 1 aromatic rings. The number of thioether (sulfide) groups is 1. The fraction of sp³-hybridized carbons (Fsp3) is 0.467. The molecule has 0 bridgehead atoms. The van der Waals surface area contributed by atoms with E-state index in [1.54, 1.807) is 0 Å². The van der Waals surface area contributed by atoms with Gasteiger partial charge in [-0.05, 0) is 30.5 Å². The second-order valence-electron chi connectivity index (χ2n) is 5.30. The van der Waals surface area contributed by atoms with Crippen LogP contribution in [0.15, 0.2) is 29.2 Å². The summed E-state index contributed by atoms with van der Waals surface area (Å²) in [6.07, 6.45) is -3.63. The molecule has 4 nitrogen and oxygen atoms in total. The Balaban J connectivity index is 2.40. The lowest BCUT2D eigenvalue weighted by atomic mass is 10.1. The highest BCUT2D eigenvalue weighted by molar-refractivity contribution is 8.00. The normalized spacial score (nSPS) is 11.4. The van der Waals surface area contributed by atoms with Crippen molar-refractivity contribution >= 4 is 23.7 Å². The summed E-state index contributed by atoms with van der Waals surface area (Å²) in [7, 11) is 0. The molecule has 0 unspecified atom stereocenters. The molecule has 0 atom stereocenters. The van der Waals surface area contributed by atoms with Gasteiger partial charge < -0.3 is 5.32 Å². The Hall–Kier alpha value is -1.70. The summed E-state index contributed by atoms with van der Waals surface area (Å²) in [5.74, 6) is -0.268. The topological polar surface area (TPSA) is 58.2 Å². The molecule has 8 heteroatoms. The molecule has 0 radical (unpaired) electrons. The van der Waals surface area contributed by atoms with E-state index in [0.29, 0.717) is 17.4 Å². The third kappa shape index (κ3) is 7.92. The highest BCUT2D eigenvalue weighted by Crippen LogP contribution is 2.31. The van der Waals surface area contributed by atoms with Gasteiger partial charge in [0.25, 0.3) is 0 Å². The van der Waals surface area contributed by atoms with Gasteiger partial charge in [0.1, 0.15) is 0 Å². The lowest BCUT2D eigenvalue weighted by molar-refractivity contribution is -0.137. The molecule has 0 aliphatic rings. The summed E-state index contributed by atoms with van der Waals surface area (Å²) >= 11 is 0.937. The van der Waals surface area contributed by atoms with Crippen LogP contribution in [0.25, 0.3) is 0 Å². The molecule has 0 aliphatic heterocycles. The van der Waals surface area contributed by atoms with Gasteiger partial charge in [0, 0.05) is 11.4 Å². The number of amides is 3. The van der Waals surface area contributed by atoms with Crippen molar-refractivity contribution < 1.29 is 22.8 Å². The van der Waals surface area contributed by atoms with Crippen LogP contribution in [0.1, 0.15) is 25.8 Å². The zero-order valence-corrected chi connectivity index (χ0v) is 13.7. The first-order valence-corrected chi connectivity index (χ1v) is 8.05. The summed E-state index contributed by atoms with van der Waals surface area (Å²) in [4.78, 5) is 23.3. The molecule has 128 valence electrons. The van der Waals surface area contributed by atoms with Crippen LogP contribution in [-0.4, -0.2) is 24.2 Å². The predicted molar refractivity (Wildman–Crippen MR) is 83.2 cm³/mol. The number of rotatable bonds is 6. The van der Waals surface area contributed by atoms with Crippen molar-refractivity contribution in [2.75, 3.05) is 12.3 Å². The number of carbonyl (C=O) groups is 2. The molecule has 23 heavy (non-hydrogen) atoms. The molecular weight excluding hydrogens is 329 g/mol. The van der Waals surface area contributed by atoms with E-state index < -0.39 is 23.7 Å². The molecule has 0 aliphatic carbocycles. The second-order valence-corrected chi connectivity index (χ2v) is 6.35. The van der Waals surface area contributed by atoms with Crippen molar-refractivity contribution in [1.29, 1.82) is 0 Å². The zero-order valence-electron chi connectivity index (χ0n) is 12.9. The van der Waals surface area contributed by atoms with Gasteiger partial charge in [-0.15, -0.1) is 11.8 Å². The van der Waals surface area contributed by atoms with E-state index in [-0.39, 0.29) is 5.75 Å². The SMILES string of the molecule is CC(C)CCNC(=O)NC(=O)CSc1cccc(C(F)(F)F)c1. The van der Waals surface area contributed by atoms with Crippen LogP contribution >= 0.6 is 11.8 Å². The van der Waals surface area contributed by atoms with Gasteiger partial charge >= 0.3 is 12.2 Å². The van der Waals surface area contributed by atoms with E-state index in [0.717, 1.165) is 30.3 Å². The standard InChI is InChI=1S/C15H19F3N2O2S/c1-10(2)6-7-19-14(22)20-13(21)9-23-12-5-3-4-11(8-12)15(16,17)18/h3-5,8,10H,6-7,9H2,1-2H3,(H2,19,20,21,22). The van der Waals surface area contributed by atoms with Crippen molar-refractivity contribution in [3.8, 4) is 0 Å². The van der Waals surface area contributed by atoms with Crippen LogP contribution < -0.4 is 10.6 Å². The smallest absolute Gasteiger partial charge is 0.338 e. The highest BCUT2D eigenvalue weighted by Gasteiger charge is 2.30. The summed E-state index contributed by atoms with van der Waals surface area (Å²) in [5, 5.41) is 4.68. The Kier molecular flexibility index (Phi) is 7.41. The predicted octanol–water partition coefficient (Wildman–Crippen LogP) is 3.67. The third-order valence-electron chi connectivity index (χ3n) is 2.79. The minimum atomic E-state index is -4.42. The van der Waals surface area contributed by atoms with Crippen molar-refractivity contribution in [3.63, 3.8) is 0 Å². The largest absolute Gasteiger partial charge is 0.416 e. The van der Waals surface area contributed by atoms with E-state index in [9.17, 15) is 22.8 Å². The number of nitrogens with one attached hydrogen (secondary N) is 2. The summed E-state index contributed by atoms with van der Waals surface area (Å²) < 4.78 is 37.7. The van der Waals surface area contributed by atoms with Crippen molar-refractivity contribution in [2.24, 2.45) is 5.92 Å². The van der Waals surface area contributed by atoms with Gasteiger partial charge in [0.15, 0.2) is 0 Å². The average Bonchev–Trinajstić information content (AvgIpc) is 2.44. The van der Waals surface area contributed by atoms with Crippen molar-refractivity contribution in [1.82, 2.24) is 10.6 Å². The van der Waals surface area contributed by atoms with E-state index in [1.807, 2.05) is 13.8 Å². The van der Waals surface area contributed by atoms with Gasteiger partial charge in [-0.25, -0.2) is 4.79 Å². The lowest BCUT2D eigenvalue weighted by Gasteiger charge is -2.09. The minimum Gasteiger partial charge on any atom is -0.338 e. The third-order valence-corrected chi connectivity index (χ3v) is 3.79. The monoisotopic (exact) mass is 348 g/mol. The van der Waals surface area contributed by atoms with Crippen LogP contribution in [0.2, 0.25) is 0 Å². The molecule has 3 amide bonds. The molecular formula is C15H19F3N2O2S. The summed E-state index contributed by atoms with van der Waals surface area (Å²) in [5.41, 5.74) is -0.769. The second kappa shape index (κ2) is 8.81. The summed E-state index contributed by atoms with van der Waals surface area (Å²) in [6.45, 7) is 4.48. The number of hydrogen-bond donors (Lipinski definition) is 2. The number of hydrogen-bond acceptors (Lipinski definition) is 3. The molecule has 0 aromatic heterocycles. The van der Waals surface area contributed by atoms with E-state index in [1.165, 1.54) is 12.1 Å². The highest BCUT2D eigenvalue weighted by atomic mass is 32.2. The maximum Gasteiger partial charge on any atom is 0.416 e. The van der Waals surface area contributed by atoms with Gasteiger partial charge in [-0.2, -0.15) is 13.2 Å². The maximum atomic E-state index is 12.6. The minimum absolute atomic E-state index is 0.140. The van der Waals surface area contributed by atoms with E-state index in [4.69, 9.17) is 0 Å². The summed E-state index contributed by atoms with van der Waals surface area (Å²) in [6, 6.07) is 4.10. The van der Waals surface area contributed by atoms with Crippen LogP contribution in [0.5, 0.6) is 0 Å². The Morgan fingerprint density at radius 1 is 1.26 bits per heavy atom. The van der Waals surface area contributed by atoms with Crippen LogP contribution in [0.3, 0.4) is 0 Å². The number of urea groups is 1. The van der Waals surface area contributed by atoms with Crippen LogP contribution in [-0.2, 0) is 11.0 Å². The average molecular weight is 348 g/mol. The molecule has 0 fully saturated rings. The number of imide groups is 1. The first-order valence-electron chi connectivity index (χ1n) is 7.06. The molecule has 0 heterocycles. The van der Waals surface area contributed by atoms with Crippen LogP contribution in [0, 0.1) is 5.92 Å². The van der Waals surface area contributed by atoms with Gasteiger partial charge in [-0.3, -0.25) is 10.1 Å². The fourth-order valence-corrected chi connectivity index (χ4v) is 2.35. The Bertz CT molecular complexity index is 548. The molecule has 2 N–H and O–H groups in total. The first-order chi connectivity index (χ1) is 10.7.